The zero-order chi connectivity index (χ0) is 21.1. The van der Waals surface area contributed by atoms with Crippen LogP contribution in [0.25, 0.3) is 0 Å². The van der Waals surface area contributed by atoms with Gasteiger partial charge in [0, 0.05) is 18.0 Å². The maximum atomic E-state index is 12.6. The van der Waals surface area contributed by atoms with Crippen molar-refractivity contribution < 1.29 is 19.1 Å². The Morgan fingerprint density at radius 1 is 1.21 bits per heavy atom. The minimum absolute atomic E-state index is 0.0722. The third kappa shape index (κ3) is 9.17. The van der Waals surface area contributed by atoms with Crippen LogP contribution < -0.4 is 16.4 Å². The normalized spacial score (nSPS) is 15.3. The van der Waals surface area contributed by atoms with Gasteiger partial charge in [-0.15, -0.1) is 0 Å². The zero-order valence-corrected chi connectivity index (χ0v) is 17.4. The Labute approximate surface area is 176 Å². The van der Waals surface area contributed by atoms with Crippen LogP contribution in [0, 0.1) is 5.92 Å². The first-order chi connectivity index (χ1) is 13.9. The van der Waals surface area contributed by atoms with Gasteiger partial charge in [0.25, 0.3) is 0 Å². The maximum absolute atomic E-state index is 12.6. The van der Waals surface area contributed by atoms with Gasteiger partial charge in [0.15, 0.2) is 0 Å². The molecule has 2 rings (SSSR count). The van der Waals surface area contributed by atoms with E-state index in [4.69, 9.17) is 22.1 Å². The van der Waals surface area contributed by atoms with Gasteiger partial charge in [-0.05, 0) is 36.5 Å². The van der Waals surface area contributed by atoms with Gasteiger partial charge in [0.2, 0.25) is 11.8 Å². The summed E-state index contributed by atoms with van der Waals surface area (Å²) < 4.78 is 5.26. The average Bonchev–Trinajstić information content (AvgIpc) is 2.70. The van der Waals surface area contributed by atoms with Crippen molar-refractivity contribution in [2.75, 3.05) is 6.54 Å². The molecule has 1 saturated carbocycles. The number of hydrogen-bond donors (Lipinski definition) is 3. The lowest BCUT2D eigenvalue weighted by Crippen LogP contribution is -2.48. The molecular formula is C21H30ClN3O4. The van der Waals surface area contributed by atoms with Crippen LogP contribution in [-0.4, -0.2) is 30.5 Å². The van der Waals surface area contributed by atoms with Gasteiger partial charge >= 0.3 is 6.09 Å². The van der Waals surface area contributed by atoms with Gasteiger partial charge in [0.1, 0.15) is 12.6 Å². The summed E-state index contributed by atoms with van der Waals surface area (Å²) in [4.78, 5) is 35.7. The molecule has 0 aromatic heterocycles. The summed E-state index contributed by atoms with van der Waals surface area (Å²) in [5.41, 5.74) is 5.89. The Bertz CT molecular complexity index is 692. The van der Waals surface area contributed by atoms with Crippen LogP contribution in [-0.2, 0) is 20.9 Å². The lowest BCUT2D eigenvalue weighted by atomic mass is 9.84. The van der Waals surface area contributed by atoms with E-state index in [-0.39, 0.29) is 18.9 Å². The van der Waals surface area contributed by atoms with Crippen LogP contribution in [0.1, 0.15) is 56.9 Å². The van der Waals surface area contributed by atoms with E-state index in [0.29, 0.717) is 30.3 Å². The summed E-state index contributed by atoms with van der Waals surface area (Å²) in [6.07, 6.45) is 6.25. The number of hydrogen-bond acceptors (Lipinski definition) is 4. The van der Waals surface area contributed by atoms with Crippen molar-refractivity contribution >= 4 is 29.5 Å². The number of primary amides is 1. The van der Waals surface area contributed by atoms with E-state index in [2.05, 4.69) is 10.6 Å². The largest absolute Gasteiger partial charge is 0.445 e. The Balaban J connectivity index is 1.87. The van der Waals surface area contributed by atoms with Crippen LogP contribution in [0.5, 0.6) is 0 Å². The van der Waals surface area contributed by atoms with Gasteiger partial charge in [-0.25, -0.2) is 4.79 Å². The first kappa shape index (κ1) is 23.0. The molecule has 1 atom stereocenters. The summed E-state index contributed by atoms with van der Waals surface area (Å²) in [6, 6.07) is 6.39. The second kappa shape index (κ2) is 12.3. The van der Waals surface area contributed by atoms with Crippen LogP contribution in [0.4, 0.5) is 4.79 Å². The molecule has 160 valence electrons. The van der Waals surface area contributed by atoms with E-state index >= 15 is 0 Å². The molecular weight excluding hydrogens is 394 g/mol. The molecule has 0 bridgehead atoms. The fourth-order valence-corrected chi connectivity index (χ4v) is 3.76. The molecule has 3 amide bonds. The molecule has 1 fully saturated rings. The smallest absolute Gasteiger partial charge is 0.408 e. The summed E-state index contributed by atoms with van der Waals surface area (Å²) in [5.74, 6) is -0.265. The molecule has 1 aliphatic rings. The molecule has 0 saturated heterocycles. The molecule has 0 aliphatic heterocycles. The first-order valence-corrected chi connectivity index (χ1v) is 10.6. The molecule has 1 aliphatic carbocycles. The van der Waals surface area contributed by atoms with Gasteiger partial charge in [0.05, 0.1) is 0 Å². The second-order valence-corrected chi connectivity index (χ2v) is 7.94. The molecule has 8 heteroatoms. The minimum Gasteiger partial charge on any atom is -0.445 e. The van der Waals surface area contributed by atoms with Gasteiger partial charge in [-0.1, -0.05) is 55.8 Å². The molecule has 1 aromatic carbocycles. The van der Waals surface area contributed by atoms with Crippen molar-refractivity contribution in [3.8, 4) is 0 Å². The van der Waals surface area contributed by atoms with E-state index < -0.39 is 18.0 Å². The highest BCUT2D eigenvalue weighted by Crippen LogP contribution is 2.27. The predicted molar refractivity (Wildman–Crippen MR) is 111 cm³/mol. The molecule has 0 spiro atoms. The van der Waals surface area contributed by atoms with Crippen LogP contribution in [0.15, 0.2) is 24.3 Å². The number of ether oxygens (including phenoxy) is 1. The number of rotatable bonds is 10. The minimum atomic E-state index is -0.668. The number of halogens is 1. The lowest BCUT2D eigenvalue weighted by molar-refractivity contribution is -0.124. The molecule has 1 unspecified atom stereocenters. The van der Waals surface area contributed by atoms with Crippen molar-refractivity contribution in [2.45, 2.75) is 64.0 Å². The number of carbonyl (C=O) groups excluding carboxylic acids is 3. The first-order valence-electron chi connectivity index (χ1n) is 10.2. The zero-order valence-electron chi connectivity index (χ0n) is 16.6. The van der Waals surface area contributed by atoms with E-state index in [9.17, 15) is 14.4 Å². The highest BCUT2D eigenvalue weighted by molar-refractivity contribution is 6.30. The fraction of sp³-hybridized carbons (Fsp3) is 0.571. The maximum Gasteiger partial charge on any atom is 0.408 e. The summed E-state index contributed by atoms with van der Waals surface area (Å²) in [5, 5.41) is 6.05. The number of alkyl carbamates (subject to hydrolysis) is 1. The number of nitrogens with one attached hydrogen (secondary N) is 2. The third-order valence-corrected chi connectivity index (χ3v) is 5.30. The molecule has 7 nitrogen and oxygen atoms in total. The Morgan fingerprint density at radius 2 is 1.97 bits per heavy atom. The Morgan fingerprint density at radius 3 is 2.66 bits per heavy atom. The molecule has 0 heterocycles. The van der Waals surface area contributed by atoms with Crippen molar-refractivity contribution in [3.63, 3.8) is 0 Å². The monoisotopic (exact) mass is 423 g/mol. The summed E-state index contributed by atoms with van der Waals surface area (Å²) in [7, 11) is 0. The average molecular weight is 424 g/mol. The SMILES string of the molecule is NC(=O)CCCNC(=O)C(CC1CCCCC1)NC(=O)OCc1cccc(Cl)c1. The Kier molecular flexibility index (Phi) is 9.77. The number of amides is 3. The van der Waals surface area contributed by atoms with Crippen LogP contribution >= 0.6 is 11.6 Å². The summed E-state index contributed by atoms with van der Waals surface area (Å²) >= 11 is 5.94. The van der Waals surface area contributed by atoms with Crippen LogP contribution in [0.3, 0.4) is 0 Å². The third-order valence-electron chi connectivity index (χ3n) is 5.06. The highest BCUT2D eigenvalue weighted by Gasteiger charge is 2.26. The summed E-state index contributed by atoms with van der Waals surface area (Å²) in [6.45, 7) is 0.408. The number of nitrogens with two attached hydrogens (primary N) is 1. The van der Waals surface area contributed by atoms with Crippen molar-refractivity contribution in [2.24, 2.45) is 11.7 Å². The molecule has 1 aromatic rings. The van der Waals surface area contributed by atoms with Gasteiger partial charge in [-0.2, -0.15) is 0 Å². The lowest BCUT2D eigenvalue weighted by Gasteiger charge is -2.26. The van der Waals surface area contributed by atoms with Crippen LogP contribution in [0.2, 0.25) is 5.02 Å². The fourth-order valence-electron chi connectivity index (χ4n) is 3.54. The van der Waals surface area contributed by atoms with E-state index in [1.54, 1.807) is 18.2 Å². The highest BCUT2D eigenvalue weighted by atomic mass is 35.5. The predicted octanol–water partition coefficient (Wildman–Crippen LogP) is 3.29. The van der Waals surface area contributed by atoms with E-state index in [0.717, 1.165) is 31.2 Å². The topological polar surface area (TPSA) is 111 Å². The van der Waals surface area contributed by atoms with Gasteiger partial charge < -0.3 is 21.1 Å². The van der Waals surface area contributed by atoms with E-state index in [1.807, 2.05) is 6.07 Å². The second-order valence-electron chi connectivity index (χ2n) is 7.50. The number of carbonyl (C=O) groups is 3. The standard InChI is InChI=1S/C21H30ClN3O4/c22-17-9-4-8-16(12-17)14-29-21(28)25-18(13-15-6-2-1-3-7-15)20(27)24-11-5-10-19(23)26/h4,8-9,12,15,18H,1-3,5-7,10-11,13-14H2,(H2,23,26)(H,24,27)(H,25,28). The van der Waals surface area contributed by atoms with Gasteiger partial charge in [-0.3, -0.25) is 9.59 Å². The molecule has 29 heavy (non-hydrogen) atoms. The van der Waals surface area contributed by atoms with Crippen molar-refractivity contribution in [1.82, 2.24) is 10.6 Å². The molecule has 4 N–H and O–H groups in total. The Hall–Kier alpha value is -2.28. The van der Waals surface area contributed by atoms with Crippen molar-refractivity contribution in [3.05, 3.63) is 34.9 Å². The molecule has 0 radical (unpaired) electrons. The van der Waals surface area contributed by atoms with E-state index in [1.165, 1.54) is 6.42 Å². The van der Waals surface area contributed by atoms with Crippen molar-refractivity contribution in [1.29, 1.82) is 0 Å². The quantitative estimate of drug-likeness (QED) is 0.501. The number of benzene rings is 1.